The molecular formula is C23H24BrNO4. The van der Waals surface area contributed by atoms with Crippen LogP contribution in [-0.4, -0.2) is 52.5 Å². The predicted octanol–water partition coefficient (Wildman–Crippen LogP) is 4.27. The topological polar surface area (TPSA) is 59.0 Å². The third-order valence-electron chi connectivity index (χ3n) is 6.40. The van der Waals surface area contributed by atoms with Crippen LogP contribution in [-0.2, 0) is 9.47 Å². The van der Waals surface area contributed by atoms with Gasteiger partial charge in [-0.2, -0.15) is 0 Å². The van der Waals surface area contributed by atoms with Crippen LogP contribution in [0.2, 0.25) is 0 Å². The van der Waals surface area contributed by atoms with Crippen molar-refractivity contribution in [2.75, 3.05) is 18.5 Å². The molecule has 3 unspecified atom stereocenters. The summed E-state index contributed by atoms with van der Waals surface area (Å²) in [7, 11) is 0. The van der Waals surface area contributed by atoms with Gasteiger partial charge < -0.3 is 19.5 Å². The monoisotopic (exact) mass is 457 g/mol. The zero-order valence-corrected chi connectivity index (χ0v) is 17.7. The van der Waals surface area contributed by atoms with E-state index in [4.69, 9.17) is 9.47 Å². The van der Waals surface area contributed by atoms with Crippen molar-refractivity contribution in [3.63, 3.8) is 0 Å². The maximum Gasteiger partial charge on any atom is 0.410 e. The Balaban J connectivity index is 1.32. The van der Waals surface area contributed by atoms with Gasteiger partial charge >= 0.3 is 6.09 Å². The average molecular weight is 458 g/mol. The molecule has 2 heterocycles. The van der Waals surface area contributed by atoms with Gasteiger partial charge in [0.05, 0.1) is 17.5 Å². The standard InChI is InChI=1S/C23H24BrNO4/c24-14-23(27)12-20-21(29-23)10-5-11-25(20)22(26)28-13-19-17-8-3-1-6-15(17)16-7-2-4-9-18(16)19/h1-4,6-9,19-21,27H,5,10-14H2. The Labute approximate surface area is 178 Å². The third-order valence-corrected chi connectivity index (χ3v) is 7.27. The van der Waals surface area contributed by atoms with Crippen LogP contribution in [0.4, 0.5) is 4.79 Å². The van der Waals surface area contributed by atoms with E-state index in [1.54, 1.807) is 4.90 Å². The molecule has 5 nitrogen and oxygen atoms in total. The van der Waals surface area contributed by atoms with Crippen LogP contribution in [0.25, 0.3) is 11.1 Å². The summed E-state index contributed by atoms with van der Waals surface area (Å²) in [5.41, 5.74) is 4.84. The minimum atomic E-state index is -1.21. The van der Waals surface area contributed by atoms with Gasteiger partial charge in [0.25, 0.3) is 0 Å². The van der Waals surface area contributed by atoms with Gasteiger partial charge in [-0.1, -0.05) is 64.5 Å². The predicted molar refractivity (Wildman–Crippen MR) is 113 cm³/mol. The lowest BCUT2D eigenvalue weighted by Crippen LogP contribution is -2.49. The molecular weight excluding hydrogens is 434 g/mol. The molecule has 1 aliphatic carbocycles. The number of benzene rings is 2. The van der Waals surface area contributed by atoms with E-state index < -0.39 is 5.79 Å². The average Bonchev–Trinajstić information content (AvgIpc) is 3.27. The molecule has 6 heteroatoms. The summed E-state index contributed by atoms with van der Waals surface area (Å²) in [6, 6.07) is 16.5. The quantitative estimate of drug-likeness (QED) is 0.698. The third kappa shape index (κ3) is 3.27. The highest BCUT2D eigenvalue weighted by Gasteiger charge is 2.50. The van der Waals surface area contributed by atoms with Crippen LogP contribution in [0.1, 0.15) is 36.3 Å². The second-order valence-corrected chi connectivity index (χ2v) is 8.71. The molecule has 0 bridgehead atoms. The number of rotatable bonds is 3. The molecule has 0 aromatic heterocycles. The number of nitrogens with zero attached hydrogens (tertiary/aromatic N) is 1. The number of likely N-dealkylation sites (tertiary alicyclic amines) is 1. The summed E-state index contributed by atoms with van der Waals surface area (Å²) in [6.07, 6.45) is 1.67. The number of ether oxygens (including phenoxy) is 2. The number of amides is 1. The molecule has 5 rings (SSSR count). The van der Waals surface area contributed by atoms with E-state index in [1.165, 1.54) is 22.3 Å². The van der Waals surface area contributed by atoms with Gasteiger partial charge in [0.1, 0.15) is 6.61 Å². The molecule has 2 saturated heterocycles. The van der Waals surface area contributed by atoms with Crippen LogP contribution in [0.3, 0.4) is 0 Å². The maximum atomic E-state index is 13.0. The highest BCUT2D eigenvalue weighted by atomic mass is 79.9. The van der Waals surface area contributed by atoms with E-state index in [0.29, 0.717) is 24.9 Å². The lowest BCUT2D eigenvalue weighted by molar-refractivity contribution is -0.176. The van der Waals surface area contributed by atoms with Gasteiger partial charge in [-0.3, -0.25) is 0 Å². The fourth-order valence-electron chi connectivity index (χ4n) is 5.05. The number of hydrogen-bond acceptors (Lipinski definition) is 4. The van der Waals surface area contributed by atoms with Crippen molar-refractivity contribution in [1.29, 1.82) is 0 Å². The van der Waals surface area contributed by atoms with E-state index >= 15 is 0 Å². The van der Waals surface area contributed by atoms with Crippen LogP contribution in [0.15, 0.2) is 48.5 Å². The first-order valence-electron chi connectivity index (χ1n) is 10.2. The molecule has 2 fully saturated rings. The summed E-state index contributed by atoms with van der Waals surface area (Å²) >= 11 is 3.32. The second-order valence-electron chi connectivity index (χ2n) is 8.15. The summed E-state index contributed by atoms with van der Waals surface area (Å²) in [6.45, 7) is 0.948. The molecule has 1 N–H and O–H groups in total. The highest BCUT2D eigenvalue weighted by Crippen LogP contribution is 2.45. The number of piperidine rings is 1. The fourth-order valence-corrected chi connectivity index (χ4v) is 5.41. The number of alkyl halides is 1. The lowest BCUT2D eigenvalue weighted by Gasteiger charge is -2.35. The molecule has 2 aromatic carbocycles. The minimum absolute atomic E-state index is 0.0474. The number of halogens is 1. The molecule has 29 heavy (non-hydrogen) atoms. The van der Waals surface area contributed by atoms with Crippen LogP contribution in [0.5, 0.6) is 0 Å². The Hall–Kier alpha value is -1.89. The van der Waals surface area contributed by atoms with Crippen molar-refractivity contribution in [3.8, 4) is 11.1 Å². The van der Waals surface area contributed by atoms with Crippen molar-refractivity contribution >= 4 is 22.0 Å². The first-order valence-corrected chi connectivity index (χ1v) is 11.3. The maximum absolute atomic E-state index is 13.0. The van der Waals surface area contributed by atoms with E-state index in [2.05, 4.69) is 40.2 Å². The largest absolute Gasteiger partial charge is 0.448 e. The Bertz CT molecular complexity index is 889. The number of aliphatic hydroxyl groups is 1. The van der Waals surface area contributed by atoms with Gasteiger partial charge in [-0.15, -0.1) is 0 Å². The number of hydrogen-bond donors (Lipinski definition) is 1. The molecule has 3 atom stereocenters. The summed E-state index contributed by atoms with van der Waals surface area (Å²) in [5, 5.41) is 10.8. The van der Waals surface area contributed by atoms with Crippen LogP contribution in [0, 0.1) is 0 Å². The first-order chi connectivity index (χ1) is 14.1. The van der Waals surface area contributed by atoms with E-state index in [1.807, 2.05) is 24.3 Å². The van der Waals surface area contributed by atoms with Gasteiger partial charge in [0, 0.05) is 18.9 Å². The first kappa shape index (κ1) is 19.1. The summed E-state index contributed by atoms with van der Waals surface area (Å²) in [5.74, 6) is -1.16. The summed E-state index contributed by atoms with van der Waals surface area (Å²) in [4.78, 5) is 14.7. The Kier molecular flexibility index (Phi) is 4.88. The van der Waals surface area contributed by atoms with E-state index in [-0.39, 0.29) is 24.2 Å². The molecule has 0 spiro atoms. The molecule has 1 amide bonds. The molecule has 3 aliphatic rings. The van der Waals surface area contributed by atoms with Gasteiger partial charge in [0.2, 0.25) is 0 Å². The van der Waals surface area contributed by atoms with Gasteiger partial charge in [0.15, 0.2) is 5.79 Å². The second kappa shape index (κ2) is 7.42. The Morgan fingerprint density at radius 2 is 1.83 bits per heavy atom. The number of fused-ring (bicyclic) bond motifs is 4. The highest BCUT2D eigenvalue weighted by molar-refractivity contribution is 9.09. The molecule has 2 aromatic rings. The SMILES string of the molecule is O=C(OCC1c2ccccc2-c2ccccc21)N1CCCC2OC(O)(CBr)CC21. The van der Waals surface area contributed by atoms with E-state index in [0.717, 1.165) is 12.8 Å². The van der Waals surface area contributed by atoms with Crippen molar-refractivity contribution in [2.45, 2.75) is 43.1 Å². The fraction of sp³-hybridized carbons (Fsp3) is 0.435. The van der Waals surface area contributed by atoms with Crippen LogP contribution < -0.4 is 0 Å². The van der Waals surface area contributed by atoms with Crippen molar-refractivity contribution in [1.82, 2.24) is 4.90 Å². The van der Waals surface area contributed by atoms with Gasteiger partial charge in [-0.25, -0.2) is 4.79 Å². The smallest absolute Gasteiger partial charge is 0.410 e. The van der Waals surface area contributed by atoms with Crippen LogP contribution >= 0.6 is 15.9 Å². The molecule has 152 valence electrons. The normalized spacial score (nSPS) is 28.0. The van der Waals surface area contributed by atoms with Crippen molar-refractivity contribution < 1.29 is 19.4 Å². The zero-order chi connectivity index (χ0) is 20.0. The summed E-state index contributed by atoms with van der Waals surface area (Å²) < 4.78 is 11.6. The molecule has 0 saturated carbocycles. The Morgan fingerprint density at radius 3 is 2.48 bits per heavy atom. The molecule has 0 radical (unpaired) electrons. The van der Waals surface area contributed by atoms with Crippen molar-refractivity contribution in [2.24, 2.45) is 0 Å². The number of carbonyl (C=O) groups is 1. The lowest BCUT2D eigenvalue weighted by atomic mass is 9.97. The van der Waals surface area contributed by atoms with E-state index in [9.17, 15) is 9.90 Å². The zero-order valence-electron chi connectivity index (χ0n) is 16.1. The Morgan fingerprint density at radius 1 is 1.17 bits per heavy atom. The van der Waals surface area contributed by atoms with Gasteiger partial charge in [-0.05, 0) is 35.1 Å². The number of carbonyl (C=O) groups excluding carboxylic acids is 1. The molecule has 2 aliphatic heterocycles. The minimum Gasteiger partial charge on any atom is -0.448 e. The van der Waals surface area contributed by atoms with Crippen molar-refractivity contribution in [3.05, 3.63) is 59.7 Å².